The Morgan fingerprint density at radius 1 is 1.06 bits per heavy atom. The third-order valence-corrected chi connectivity index (χ3v) is 5.17. The Morgan fingerprint density at radius 3 is 2.56 bits per heavy atom. The number of ether oxygens (including phenoxy) is 1. The van der Waals surface area contributed by atoms with Crippen molar-refractivity contribution in [1.82, 2.24) is 10.3 Å². The average Bonchev–Trinajstić information content (AvgIpc) is 2.84. The quantitative estimate of drug-likeness (QED) is 0.314. The summed E-state index contributed by atoms with van der Waals surface area (Å²) in [6.07, 6.45) is 3.74. The maximum Gasteiger partial charge on any atom is 0.328 e. The van der Waals surface area contributed by atoms with Crippen LogP contribution in [0.15, 0.2) is 60.8 Å². The number of carbonyl (C=O) groups is 2. The Hall–Kier alpha value is -3.45. The van der Waals surface area contributed by atoms with Crippen LogP contribution in [0.25, 0.3) is 10.9 Å². The number of nitrogens with two attached hydrogens (primary N) is 1. The Balaban J connectivity index is 1.74. The molecule has 4 N–H and O–H groups in total. The molecule has 1 unspecified atom stereocenters. The normalized spacial score (nSPS) is 11.7. The van der Waals surface area contributed by atoms with Gasteiger partial charge in [-0.25, -0.2) is 4.79 Å². The van der Waals surface area contributed by atoms with E-state index in [0.29, 0.717) is 30.8 Å². The first-order valence-corrected chi connectivity index (χ1v) is 11.0. The number of amides is 1. The standard InChI is InChI=1S/C25H30N4O3/c1-2-21(25(31)32-17-18-10-4-3-5-11-18)29-24(30)20-16-28-22-13-7-6-12-19(22)23(20)27-15-9-8-14-26/h3-7,10-13,16,21H,2,8-9,14-15,17,26H2,1H3,(H,27,28)(H,29,30). The smallest absolute Gasteiger partial charge is 0.328 e. The number of aromatic nitrogens is 1. The van der Waals surface area contributed by atoms with Crippen LogP contribution in [0, 0.1) is 0 Å². The molecular weight excluding hydrogens is 404 g/mol. The Kier molecular flexibility index (Phi) is 8.57. The van der Waals surface area contributed by atoms with Gasteiger partial charge in [0.2, 0.25) is 0 Å². The first-order valence-electron chi connectivity index (χ1n) is 11.0. The van der Waals surface area contributed by atoms with E-state index < -0.39 is 12.0 Å². The molecule has 1 aromatic heterocycles. The fraction of sp³-hybridized carbons (Fsp3) is 0.320. The number of fused-ring (bicyclic) bond motifs is 1. The molecule has 7 nitrogen and oxygen atoms in total. The lowest BCUT2D eigenvalue weighted by Gasteiger charge is -2.18. The van der Waals surface area contributed by atoms with Gasteiger partial charge in [-0.3, -0.25) is 9.78 Å². The zero-order valence-electron chi connectivity index (χ0n) is 18.3. The van der Waals surface area contributed by atoms with E-state index in [0.717, 1.165) is 29.3 Å². The highest BCUT2D eigenvalue weighted by molar-refractivity contribution is 6.07. The predicted octanol–water partition coefficient (Wildman–Crippen LogP) is 3.64. The number of unbranched alkanes of at least 4 members (excludes halogenated alkanes) is 1. The van der Waals surface area contributed by atoms with E-state index >= 15 is 0 Å². The number of benzene rings is 2. The molecule has 0 saturated carbocycles. The van der Waals surface area contributed by atoms with Gasteiger partial charge in [-0.05, 0) is 37.4 Å². The van der Waals surface area contributed by atoms with Crippen molar-refractivity contribution < 1.29 is 14.3 Å². The molecule has 0 radical (unpaired) electrons. The predicted molar refractivity (Wildman–Crippen MR) is 126 cm³/mol. The summed E-state index contributed by atoms with van der Waals surface area (Å²) in [5.41, 5.74) is 8.38. The highest BCUT2D eigenvalue weighted by atomic mass is 16.5. The topological polar surface area (TPSA) is 106 Å². The van der Waals surface area contributed by atoms with Gasteiger partial charge in [0.05, 0.1) is 16.8 Å². The van der Waals surface area contributed by atoms with E-state index in [1.807, 2.05) is 61.5 Å². The van der Waals surface area contributed by atoms with Gasteiger partial charge < -0.3 is 21.1 Å². The van der Waals surface area contributed by atoms with Crippen LogP contribution in [-0.4, -0.2) is 36.0 Å². The van der Waals surface area contributed by atoms with Crippen molar-refractivity contribution in [3.63, 3.8) is 0 Å². The number of nitrogens with zero attached hydrogens (tertiary/aromatic N) is 1. The number of para-hydroxylation sites is 1. The number of nitrogens with one attached hydrogen (secondary N) is 2. The van der Waals surface area contributed by atoms with Crippen molar-refractivity contribution in [3.05, 3.63) is 71.9 Å². The van der Waals surface area contributed by atoms with E-state index in [9.17, 15) is 9.59 Å². The minimum Gasteiger partial charge on any atom is -0.459 e. The van der Waals surface area contributed by atoms with Crippen LogP contribution in [0.3, 0.4) is 0 Å². The molecule has 1 heterocycles. The van der Waals surface area contributed by atoms with Crippen molar-refractivity contribution in [1.29, 1.82) is 0 Å². The van der Waals surface area contributed by atoms with Gasteiger partial charge >= 0.3 is 5.97 Å². The van der Waals surface area contributed by atoms with Crippen LogP contribution >= 0.6 is 0 Å². The molecule has 7 heteroatoms. The Bertz CT molecular complexity index is 1040. The Morgan fingerprint density at radius 2 is 1.81 bits per heavy atom. The number of hydrogen-bond donors (Lipinski definition) is 3. The lowest BCUT2D eigenvalue weighted by molar-refractivity contribution is -0.147. The van der Waals surface area contributed by atoms with Gasteiger partial charge in [0.15, 0.2) is 0 Å². The van der Waals surface area contributed by atoms with Gasteiger partial charge in [0.1, 0.15) is 12.6 Å². The summed E-state index contributed by atoms with van der Waals surface area (Å²) >= 11 is 0. The van der Waals surface area contributed by atoms with Gasteiger partial charge in [-0.1, -0.05) is 55.5 Å². The second-order valence-electron chi connectivity index (χ2n) is 7.51. The largest absolute Gasteiger partial charge is 0.459 e. The summed E-state index contributed by atoms with van der Waals surface area (Å²) in [5, 5.41) is 7.03. The van der Waals surface area contributed by atoms with Gasteiger partial charge in [-0.15, -0.1) is 0 Å². The van der Waals surface area contributed by atoms with Crippen LogP contribution in [0.5, 0.6) is 0 Å². The van der Waals surface area contributed by atoms with Crippen LogP contribution in [-0.2, 0) is 16.1 Å². The molecule has 0 bridgehead atoms. The number of hydrogen-bond acceptors (Lipinski definition) is 6. The fourth-order valence-corrected chi connectivity index (χ4v) is 3.38. The average molecular weight is 435 g/mol. The fourth-order valence-electron chi connectivity index (χ4n) is 3.38. The Labute approximate surface area is 188 Å². The second-order valence-corrected chi connectivity index (χ2v) is 7.51. The monoisotopic (exact) mass is 434 g/mol. The number of pyridine rings is 1. The lowest BCUT2D eigenvalue weighted by atomic mass is 10.1. The molecule has 0 aliphatic rings. The summed E-state index contributed by atoms with van der Waals surface area (Å²) in [4.78, 5) is 30.1. The molecule has 0 aliphatic heterocycles. The molecule has 0 aliphatic carbocycles. The minimum absolute atomic E-state index is 0.164. The van der Waals surface area contributed by atoms with E-state index in [-0.39, 0.29) is 12.5 Å². The van der Waals surface area contributed by atoms with Crippen LogP contribution in [0.2, 0.25) is 0 Å². The van der Waals surface area contributed by atoms with Gasteiger partial charge in [0.25, 0.3) is 5.91 Å². The molecule has 0 spiro atoms. The summed E-state index contributed by atoms with van der Waals surface area (Å²) in [7, 11) is 0. The van der Waals surface area contributed by atoms with Crippen molar-refractivity contribution in [2.45, 2.75) is 38.8 Å². The third kappa shape index (κ3) is 6.04. The molecule has 0 fully saturated rings. The highest BCUT2D eigenvalue weighted by Gasteiger charge is 2.23. The SMILES string of the molecule is CCC(NC(=O)c1cnc2ccccc2c1NCCCCN)C(=O)OCc1ccccc1. The van der Waals surface area contributed by atoms with Crippen molar-refractivity contribution in [2.24, 2.45) is 5.73 Å². The van der Waals surface area contributed by atoms with Crippen LogP contribution in [0.4, 0.5) is 5.69 Å². The number of rotatable bonds is 11. The van der Waals surface area contributed by atoms with Crippen LogP contribution in [0.1, 0.15) is 42.1 Å². The van der Waals surface area contributed by atoms with Crippen molar-refractivity contribution in [2.75, 3.05) is 18.4 Å². The van der Waals surface area contributed by atoms with E-state index in [1.165, 1.54) is 0 Å². The highest BCUT2D eigenvalue weighted by Crippen LogP contribution is 2.26. The number of anilines is 1. The first kappa shape index (κ1) is 23.2. The number of carbonyl (C=O) groups excluding carboxylic acids is 2. The lowest BCUT2D eigenvalue weighted by Crippen LogP contribution is -2.41. The maximum absolute atomic E-state index is 13.1. The molecule has 3 rings (SSSR count). The summed E-state index contributed by atoms with van der Waals surface area (Å²) < 4.78 is 5.41. The molecular formula is C25H30N4O3. The summed E-state index contributed by atoms with van der Waals surface area (Å²) in [6, 6.07) is 16.3. The first-order chi connectivity index (χ1) is 15.6. The molecule has 1 amide bonds. The zero-order valence-corrected chi connectivity index (χ0v) is 18.3. The molecule has 168 valence electrons. The molecule has 2 aromatic carbocycles. The van der Waals surface area contributed by atoms with E-state index in [4.69, 9.17) is 10.5 Å². The van der Waals surface area contributed by atoms with Crippen molar-refractivity contribution >= 4 is 28.5 Å². The molecule has 1 atom stereocenters. The maximum atomic E-state index is 13.1. The molecule has 32 heavy (non-hydrogen) atoms. The van der Waals surface area contributed by atoms with Crippen molar-refractivity contribution in [3.8, 4) is 0 Å². The third-order valence-electron chi connectivity index (χ3n) is 5.17. The zero-order chi connectivity index (χ0) is 22.8. The second kappa shape index (κ2) is 11.8. The van der Waals surface area contributed by atoms with Gasteiger partial charge in [0, 0.05) is 18.1 Å². The summed E-state index contributed by atoms with van der Waals surface area (Å²) in [6.45, 7) is 3.30. The van der Waals surface area contributed by atoms with E-state index in [2.05, 4.69) is 15.6 Å². The molecule has 3 aromatic rings. The summed E-state index contributed by atoms with van der Waals surface area (Å²) in [5.74, 6) is -0.830. The minimum atomic E-state index is -0.747. The van der Waals surface area contributed by atoms with Gasteiger partial charge in [-0.2, -0.15) is 0 Å². The van der Waals surface area contributed by atoms with E-state index in [1.54, 1.807) is 6.20 Å². The molecule has 0 saturated heterocycles. The van der Waals surface area contributed by atoms with Crippen LogP contribution < -0.4 is 16.4 Å². The number of esters is 1.